The molecule has 0 aliphatic carbocycles. The Labute approximate surface area is 103 Å². The summed E-state index contributed by atoms with van der Waals surface area (Å²) < 4.78 is 9.79. The van der Waals surface area contributed by atoms with E-state index in [0.29, 0.717) is 11.3 Å². The van der Waals surface area contributed by atoms with Crippen LogP contribution in [0.15, 0.2) is 18.2 Å². The summed E-state index contributed by atoms with van der Waals surface area (Å²) in [5.74, 6) is -1.03. The van der Waals surface area contributed by atoms with Gasteiger partial charge in [0.15, 0.2) is 6.10 Å². The number of esters is 1. The Bertz CT molecular complexity index is 499. The standard InChI is InChI=1S/C12H13NO5/c1-17-12(16)10(13)6-2-3-8-7(4-6)5-9(18-8)11(14)15/h2-4,9-10H,5,13H2,1H3,(H,14,15)/t9-,10?/m0/s1. The van der Waals surface area contributed by atoms with E-state index in [-0.39, 0.29) is 6.42 Å². The van der Waals surface area contributed by atoms with E-state index in [9.17, 15) is 9.59 Å². The molecule has 1 unspecified atom stereocenters. The van der Waals surface area contributed by atoms with Crippen LogP contribution in [0.1, 0.15) is 17.2 Å². The predicted octanol–water partition coefficient (Wildman–Crippen LogP) is 0.247. The number of benzene rings is 1. The van der Waals surface area contributed by atoms with Crippen molar-refractivity contribution in [2.45, 2.75) is 18.6 Å². The molecule has 0 bridgehead atoms. The fraction of sp³-hybridized carbons (Fsp3) is 0.333. The van der Waals surface area contributed by atoms with Gasteiger partial charge in [0, 0.05) is 6.42 Å². The van der Waals surface area contributed by atoms with Gasteiger partial charge in [-0.3, -0.25) is 4.79 Å². The third-order valence-corrected chi connectivity index (χ3v) is 2.85. The van der Waals surface area contributed by atoms with Crippen LogP contribution in [0.5, 0.6) is 5.75 Å². The van der Waals surface area contributed by atoms with Gasteiger partial charge in [0.25, 0.3) is 0 Å². The number of aliphatic carboxylic acids is 1. The predicted molar refractivity (Wildman–Crippen MR) is 61.1 cm³/mol. The minimum Gasteiger partial charge on any atom is -0.478 e. The van der Waals surface area contributed by atoms with E-state index in [2.05, 4.69) is 4.74 Å². The van der Waals surface area contributed by atoms with Crippen LogP contribution in [-0.2, 0) is 20.7 Å². The number of fused-ring (bicyclic) bond motifs is 1. The monoisotopic (exact) mass is 251 g/mol. The number of carbonyl (C=O) groups excluding carboxylic acids is 1. The van der Waals surface area contributed by atoms with Crippen LogP contribution in [0.2, 0.25) is 0 Å². The number of methoxy groups -OCH3 is 1. The van der Waals surface area contributed by atoms with Crippen LogP contribution < -0.4 is 10.5 Å². The Morgan fingerprint density at radius 2 is 2.28 bits per heavy atom. The van der Waals surface area contributed by atoms with Gasteiger partial charge in [-0.05, 0) is 23.3 Å². The Balaban J connectivity index is 2.23. The molecular formula is C12H13NO5. The third-order valence-electron chi connectivity index (χ3n) is 2.85. The SMILES string of the molecule is COC(=O)C(N)c1ccc2c(c1)C[C@@H](C(=O)O)O2. The zero-order chi connectivity index (χ0) is 13.3. The lowest BCUT2D eigenvalue weighted by Gasteiger charge is -2.10. The molecule has 2 rings (SSSR count). The quantitative estimate of drug-likeness (QED) is 0.747. The molecule has 18 heavy (non-hydrogen) atoms. The van der Waals surface area contributed by atoms with E-state index in [1.165, 1.54) is 7.11 Å². The number of rotatable bonds is 3. The zero-order valence-corrected chi connectivity index (χ0v) is 9.75. The van der Waals surface area contributed by atoms with Gasteiger partial charge in [0.05, 0.1) is 7.11 Å². The largest absolute Gasteiger partial charge is 0.478 e. The average molecular weight is 251 g/mol. The highest BCUT2D eigenvalue weighted by molar-refractivity contribution is 5.78. The fourth-order valence-electron chi connectivity index (χ4n) is 1.86. The maximum absolute atomic E-state index is 11.3. The molecule has 1 aromatic carbocycles. The smallest absolute Gasteiger partial charge is 0.345 e. The Hall–Kier alpha value is -2.08. The van der Waals surface area contributed by atoms with E-state index in [1.54, 1.807) is 18.2 Å². The van der Waals surface area contributed by atoms with Crippen molar-refractivity contribution in [3.63, 3.8) is 0 Å². The maximum atomic E-state index is 11.3. The van der Waals surface area contributed by atoms with E-state index in [0.717, 1.165) is 5.56 Å². The lowest BCUT2D eigenvalue weighted by molar-refractivity contribution is -0.144. The van der Waals surface area contributed by atoms with E-state index in [1.807, 2.05) is 0 Å². The first kappa shape index (κ1) is 12.4. The van der Waals surface area contributed by atoms with Crippen LogP contribution in [0.3, 0.4) is 0 Å². The number of carboxylic acid groups (broad SMARTS) is 1. The molecule has 6 heteroatoms. The highest BCUT2D eigenvalue weighted by Gasteiger charge is 2.29. The summed E-state index contributed by atoms with van der Waals surface area (Å²) >= 11 is 0. The van der Waals surface area contributed by atoms with Gasteiger partial charge in [0.2, 0.25) is 0 Å². The summed E-state index contributed by atoms with van der Waals surface area (Å²) in [4.78, 5) is 22.1. The van der Waals surface area contributed by atoms with Crippen LogP contribution in [0.25, 0.3) is 0 Å². The summed E-state index contributed by atoms with van der Waals surface area (Å²) in [6, 6.07) is 4.06. The number of carbonyl (C=O) groups is 2. The number of carboxylic acids is 1. The molecule has 1 heterocycles. The average Bonchev–Trinajstić information content (AvgIpc) is 2.79. The minimum absolute atomic E-state index is 0.270. The first-order chi connectivity index (χ1) is 8.52. The van der Waals surface area contributed by atoms with Gasteiger partial charge in [-0.1, -0.05) is 6.07 Å². The van der Waals surface area contributed by atoms with E-state index < -0.39 is 24.1 Å². The number of ether oxygens (including phenoxy) is 2. The van der Waals surface area contributed by atoms with Gasteiger partial charge in [0.1, 0.15) is 11.8 Å². The van der Waals surface area contributed by atoms with Crippen molar-refractivity contribution >= 4 is 11.9 Å². The second-order valence-electron chi connectivity index (χ2n) is 4.02. The van der Waals surface area contributed by atoms with Crippen molar-refractivity contribution in [1.29, 1.82) is 0 Å². The molecule has 1 aromatic rings. The second-order valence-corrected chi connectivity index (χ2v) is 4.02. The lowest BCUT2D eigenvalue weighted by Crippen LogP contribution is -2.24. The molecule has 3 N–H and O–H groups in total. The summed E-state index contributed by atoms with van der Waals surface area (Å²) in [6.07, 6.45) is -0.601. The van der Waals surface area contributed by atoms with Crippen molar-refractivity contribution < 1.29 is 24.2 Å². The highest BCUT2D eigenvalue weighted by Crippen LogP contribution is 2.31. The molecule has 96 valence electrons. The molecule has 0 fully saturated rings. The summed E-state index contributed by atoms with van der Waals surface area (Å²) in [5.41, 5.74) is 7.02. The van der Waals surface area contributed by atoms with Gasteiger partial charge < -0.3 is 20.3 Å². The topological polar surface area (TPSA) is 98.9 Å². The van der Waals surface area contributed by atoms with Crippen molar-refractivity contribution in [1.82, 2.24) is 0 Å². The van der Waals surface area contributed by atoms with Crippen molar-refractivity contribution in [3.8, 4) is 5.75 Å². The zero-order valence-electron chi connectivity index (χ0n) is 9.75. The van der Waals surface area contributed by atoms with Gasteiger partial charge in [-0.15, -0.1) is 0 Å². The molecule has 0 saturated heterocycles. The molecule has 0 saturated carbocycles. The van der Waals surface area contributed by atoms with Gasteiger partial charge >= 0.3 is 11.9 Å². The molecule has 2 atom stereocenters. The Morgan fingerprint density at radius 3 is 2.89 bits per heavy atom. The van der Waals surface area contributed by atoms with E-state index in [4.69, 9.17) is 15.6 Å². The Morgan fingerprint density at radius 1 is 1.56 bits per heavy atom. The lowest BCUT2D eigenvalue weighted by atomic mass is 10.0. The second kappa shape index (κ2) is 4.66. The molecule has 0 amide bonds. The van der Waals surface area contributed by atoms with Crippen molar-refractivity contribution in [2.75, 3.05) is 7.11 Å². The summed E-state index contributed by atoms with van der Waals surface area (Å²) in [5, 5.41) is 8.87. The molecular weight excluding hydrogens is 238 g/mol. The van der Waals surface area contributed by atoms with E-state index >= 15 is 0 Å². The molecule has 1 aliphatic rings. The fourth-order valence-corrected chi connectivity index (χ4v) is 1.86. The Kier molecular flexibility index (Phi) is 3.20. The minimum atomic E-state index is -1.01. The van der Waals surface area contributed by atoms with Crippen LogP contribution >= 0.6 is 0 Å². The van der Waals surface area contributed by atoms with Crippen molar-refractivity contribution in [3.05, 3.63) is 29.3 Å². The molecule has 0 aromatic heterocycles. The third kappa shape index (κ3) is 2.14. The number of hydrogen-bond acceptors (Lipinski definition) is 5. The first-order valence-corrected chi connectivity index (χ1v) is 5.38. The van der Waals surface area contributed by atoms with Crippen molar-refractivity contribution in [2.24, 2.45) is 5.73 Å². The molecule has 6 nitrogen and oxygen atoms in total. The molecule has 0 spiro atoms. The van der Waals surface area contributed by atoms with Gasteiger partial charge in [-0.2, -0.15) is 0 Å². The normalized spacial score (nSPS) is 18.7. The number of hydrogen-bond donors (Lipinski definition) is 2. The van der Waals surface area contributed by atoms with Crippen LogP contribution in [-0.4, -0.2) is 30.3 Å². The highest BCUT2D eigenvalue weighted by atomic mass is 16.5. The van der Waals surface area contributed by atoms with Gasteiger partial charge in [-0.25, -0.2) is 4.79 Å². The molecule has 1 aliphatic heterocycles. The maximum Gasteiger partial charge on any atom is 0.345 e. The first-order valence-electron chi connectivity index (χ1n) is 5.38. The van der Waals surface area contributed by atoms with Crippen LogP contribution in [0.4, 0.5) is 0 Å². The summed E-state index contributed by atoms with van der Waals surface area (Å²) in [7, 11) is 1.26. The molecule has 0 radical (unpaired) electrons. The summed E-state index contributed by atoms with van der Waals surface area (Å²) in [6.45, 7) is 0. The number of nitrogens with two attached hydrogens (primary N) is 1. The van der Waals surface area contributed by atoms with Crippen LogP contribution in [0, 0.1) is 0 Å².